The van der Waals surface area contributed by atoms with Gasteiger partial charge in [-0.1, -0.05) is 6.92 Å². The van der Waals surface area contributed by atoms with Crippen LogP contribution in [0, 0.1) is 5.92 Å². The van der Waals surface area contributed by atoms with Crippen LogP contribution in [0.3, 0.4) is 0 Å². The van der Waals surface area contributed by atoms with Gasteiger partial charge in [0, 0.05) is 6.54 Å². The van der Waals surface area contributed by atoms with Gasteiger partial charge in [0.25, 0.3) is 0 Å². The summed E-state index contributed by atoms with van der Waals surface area (Å²) in [5.74, 6) is 0.545. The van der Waals surface area contributed by atoms with Gasteiger partial charge in [0.15, 0.2) is 0 Å². The van der Waals surface area contributed by atoms with E-state index in [1.54, 1.807) is 0 Å². The molecule has 0 bridgehead atoms. The zero-order valence-corrected chi connectivity index (χ0v) is 9.17. The molecule has 0 aliphatic carbocycles. The van der Waals surface area contributed by atoms with E-state index in [2.05, 4.69) is 0 Å². The molecule has 1 radical (unpaired) electrons. The van der Waals surface area contributed by atoms with Crippen LogP contribution in [0.15, 0.2) is 0 Å². The highest BCUT2D eigenvalue weighted by Gasteiger charge is 2.35. The van der Waals surface area contributed by atoms with Gasteiger partial charge in [0.1, 0.15) is 6.04 Å². The lowest BCUT2D eigenvalue weighted by Crippen LogP contribution is -2.51. The van der Waals surface area contributed by atoms with E-state index in [1.807, 2.05) is 6.92 Å². The predicted molar refractivity (Wildman–Crippen MR) is 52.7 cm³/mol. The van der Waals surface area contributed by atoms with Crippen LogP contribution >= 0.6 is 0 Å². The molecule has 5 nitrogen and oxygen atoms in total. The molecule has 1 heterocycles. The zero-order chi connectivity index (χ0) is 10.9. The number of carbonyl (C=O) groups is 1. The van der Waals surface area contributed by atoms with Crippen molar-refractivity contribution >= 4 is 15.9 Å². The minimum Gasteiger partial charge on any atom is -0.368 e. The molecule has 2 N–H and O–H groups in total. The van der Waals surface area contributed by atoms with Gasteiger partial charge >= 0.3 is 0 Å². The molecule has 1 aliphatic heterocycles. The first-order valence-corrected chi connectivity index (χ1v) is 6.24. The number of nitrogens with zero attached hydrogens (tertiary/aromatic N) is 1. The first-order valence-electron chi connectivity index (χ1n) is 4.40. The molecule has 1 amide bonds. The fraction of sp³-hybridized carbons (Fsp3) is 0.750. The number of piperidine rings is 1. The van der Waals surface area contributed by atoms with E-state index < -0.39 is 22.0 Å². The van der Waals surface area contributed by atoms with Crippen molar-refractivity contribution in [2.24, 2.45) is 5.73 Å². The first kappa shape index (κ1) is 11.5. The van der Waals surface area contributed by atoms with Gasteiger partial charge in [-0.2, -0.15) is 4.31 Å². The number of nitrogens with two attached hydrogens (primary N) is 1. The minimum absolute atomic E-state index is 0.359. The lowest BCUT2D eigenvalue weighted by atomic mass is 9.94. The van der Waals surface area contributed by atoms with E-state index in [4.69, 9.17) is 5.73 Å². The number of sulfonamides is 1. The third kappa shape index (κ3) is 2.45. The van der Waals surface area contributed by atoms with Crippen LogP contribution in [0.5, 0.6) is 0 Å². The number of hydrogen-bond acceptors (Lipinski definition) is 3. The highest BCUT2D eigenvalue weighted by atomic mass is 32.2. The maximum Gasteiger partial charge on any atom is 0.235 e. The Kier molecular flexibility index (Phi) is 3.16. The third-order valence-electron chi connectivity index (χ3n) is 2.40. The molecule has 0 aromatic heterocycles. The lowest BCUT2D eigenvalue weighted by molar-refractivity contribution is -0.122. The highest BCUT2D eigenvalue weighted by molar-refractivity contribution is 7.88. The second kappa shape index (κ2) is 3.86. The molecule has 1 unspecified atom stereocenters. The molecule has 1 aliphatic rings. The summed E-state index contributed by atoms with van der Waals surface area (Å²) >= 11 is 0. The zero-order valence-electron chi connectivity index (χ0n) is 8.36. The first-order chi connectivity index (χ1) is 6.32. The second-order valence-electron chi connectivity index (χ2n) is 3.70. The van der Waals surface area contributed by atoms with Gasteiger partial charge in [0.05, 0.1) is 6.26 Å². The van der Waals surface area contributed by atoms with Crippen LogP contribution in [0.2, 0.25) is 0 Å². The fourth-order valence-corrected chi connectivity index (χ4v) is 2.69. The molecule has 0 aromatic carbocycles. The molecule has 81 valence electrons. The standard InChI is InChI=1S/C8H15N2O3S/c1-6-3-4-10(14(2,12)13)7(5-6)8(9)11/h7H,3-5H2,1-2H3,(H2,9,11). The summed E-state index contributed by atoms with van der Waals surface area (Å²) < 4.78 is 23.8. The molecule has 0 spiro atoms. The molecule has 6 heteroatoms. The smallest absolute Gasteiger partial charge is 0.235 e. The fourth-order valence-electron chi connectivity index (χ4n) is 1.63. The van der Waals surface area contributed by atoms with E-state index in [0.29, 0.717) is 19.4 Å². The Morgan fingerprint density at radius 3 is 2.57 bits per heavy atom. The molecule has 1 saturated heterocycles. The van der Waals surface area contributed by atoms with E-state index in [-0.39, 0.29) is 0 Å². The van der Waals surface area contributed by atoms with Crippen molar-refractivity contribution in [1.82, 2.24) is 4.31 Å². The summed E-state index contributed by atoms with van der Waals surface area (Å²) in [7, 11) is -3.32. The number of amides is 1. The Balaban J connectivity index is 2.89. The molecule has 1 rings (SSSR count). The van der Waals surface area contributed by atoms with Crippen LogP contribution in [0.1, 0.15) is 19.8 Å². The predicted octanol–water partition coefficient (Wildman–Crippen LogP) is -0.510. The topological polar surface area (TPSA) is 80.5 Å². The Hall–Kier alpha value is -0.620. The van der Waals surface area contributed by atoms with Gasteiger partial charge in [-0.25, -0.2) is 8.42 Å². The molecule has 0 saturated carbocycles. The van der Waals surface area contributed by atoms with Gasteiger partial charge in [-0.15, -0.1) is 0 Å². The van der Waals surface area contributed by atoms with Gasteiger partial charge in [-0.05, 0) is 18.8 Å². The van der Waals surface area contributed by atoms with E-state index in [1.165, 1.54) is 4.31 Å². The van der Waals surface area contributed by atoms with Crippen molar-refractivity contribution in [3.63, 3.8) is 0 Å². The maximum atomic E-state index is 11.3. The summed E-state index contributed by atoms with van der Waals surface area (Å²) in [6.07, 6.45) is 2.25. The summed E-state index contributed by atoms with van der Waals surface area (Å²) in [6.45, 7) is 2.27. The average molecular weight is 219 g/mol. The van der Waals surface area contributed by atoms with E-state index in [0.717, 1.165) is 12.2 Å². The molecule has 0 aromatic rings. The normalized spacial score (nSPS) is 26.3. The molecular weight excluding hydrogens is 204 g/mol. The SMILES string of the molecule is C[C]1CCN(S(C)(=O)=O)C(C(N)=O)C1. The average Bonchev–Trinajstić information content (AvgIpc) is 2.01. The maximum absolute atomic E-state index is 11.3. The van der Waals surface area contributed by atoms with Gasteiger partial charge in [0.2, 0.25) is 15.9 Å². The number of hydrogen-bond donors (Lipinski definition) is 1. The van der Waals surface area contributed by atoms with Crippen LogP contribution in [-0.4, -0.2) is 37.5 Å². The summed E-state index contributed by atoms with van der Waals surface area (Å²) in [5.41, 5.74) is 5.16. The van der Waals surface area contributed by atoms with Crippen LogP contribution < -0.4 is 5.73 Å². The third-order valence-corrected chi connectivity index (χ3v) is 3.69. The summed E-state index contributed by atoms with van der Waals surface area (Å²) in [4.78, 5) is 11.1. The van der Waals surface area contributed by atoms with Crippen LogP contribution in [-0.2, 0) is 14.8 Å². The molecule has 1 fully saturated rings. The summed E-state index contributed by atoms with van der Waals surface area (Å²) in [6, 6.07) is -0.696. The summed E-state index contributed by atoms with van der Waals surface area (Å²) in [5, 5.41) is 0. The van der Waals surface area contributed by atoms with Crippen molar-refractivity contribution in [1.29, 1.82) is 0 Å². The number of carbonyl (C=O) groups excluding carboxylic acids is 1. The van der Waals surface area contributed by atoms with Crippen LogP contribution in [0.25, 0.3) is 0 Å². The van der Waals surface area contributed by atoms with Crippen molar-refractivity contribution in [2.45, 2.75) is 25.8 Å². The number of primary amides is 1. The monoisotopic (exact) mass is 219 g/mol. The minimum atomic E-state index is -3.32. The quantitative estimate of drug-likeness (QED) is 0.679. The van der Waals surface area contributed by atoms with Crippen molar-refractivity contribution < 1.29 is 13.2 Å². The molecule has 1 atom stereocenters. The van der Waals surface area contributed by atoms with E-state index >= 15 is 0 Å². The Morgan fingerprint density at radius 2 is 2.14 bits per heavy atom. The van der Waals surface area contributed by atoms with Crippen molar-refractivity contribution in [3.05, 3.63) is 5.92 Å². The lowest BCUT2D eigenvalue weighted by Gasteiger charge is -2.34. The molecular formula is C8H15N2O3S. The molecule has 14 heavy (non-hydrogen) atoms. The number of rotatable bonds is 2. The van der Waals surface area contributed by atoms with Gasteiger partial charge in [-0.3, -0.25) is 4.79 Å². The van der Waals surface area contributed by atoms with E-state index in [9.17, 15) is 13.2 Å². The van der Waals surface area contributed by atoms with Gasteiger partial charge < -0.3 is 5.73 Å². The second-order valence-corrected chi connectivity index (χ2v) is 5.64. The van der Waals surface area contributed by atoms with Crippen molar-refractivity contribution in [2.75, 3.05) is 12.8 Å². The Labute approximate surface area is 84.3 Å². The Morgan fingerprint density at radius 1 is 1.57 bits per heavy atom. The highest BCUT2D eigenvalue weighted by Crippen LogP contribution is 2.25. The Bertz CT molecular complexity index is 325. The largest absolute Gasteiger partial charge is 0.368 e. The van der Waals surface area contributed by atoms with Crippen molar-refractivity contribution in [3.8, 4) is 0 Å². The van der Waals surface area contributed by atoms with Crippen LogP contribution in [0.4, 0.5) is 0 Å².